The lowest BCUT2D eigenvalue weighted by Crippen LogP contribution is -2.22. The van der Waals surface area contributed by atoms with Crippen molar-refractivity contribution >= 4 is 31.8 Å². The molecule has 0 aliphatic carbocycles. The Morgan fingerprint density at radius 3 is 2.28 bits per heavy atom. The molecular formula is C27H28BrN5O5S. The van der Waals surface area contributed by atoms with Crippen LogP contribution in [0.15, 0.2) is 76.6 Å². The van der Waals surface area contributed by atoms with E-state index in [0.29, 0.717) is 10.0 Å². The number of aliphatic hydroxyl groups is 1. The molecule has 12 heteroatoms. The summed E-state index contributed by atoms with van der Waals surface area (Å²) in [5, 5.41) is 9.96. The van der Waals surface area contributed by atoms with Crippen molar-refractivity contribution in [1.82, 2.24) is 19.9 Å². The van der Waals surface area contributed by atoms with Crippen LogP contribution in [-0.4, -0.2) is 53.3 Å². The van der Waals surface area contributed by atoms with Gasteiger partial charge in [0.1, 0.15) is 19.5 Å². The monoisotopic (exact) mass is 619 g/mol. The van der Waals surface area contributed by atoms with Crippen LogP contribution < -0.4 is 14.2 Å². The number of hydrogen-bond acceptors (Lipinski definition) is 9. The molecule has 0 atom stereocenters. The molecule has 39 heavy (non-hydrogen) atoms. The van der Waals surface area contributed by atoms with Gasteiger partial charge in [0.15, 0.2) is 5.82 Å². The van der Waals surface area contributed by atoms with Crippen LogP contribution in [0.5, 0.6) is 11.9 Å². The molecule has 0 aliphatic heterocycles. The Bertz CT molecular complexity index is 1710. The minimum Gasteiger partial charge on any atom is -0.473 e. The molecule has 0 saturated heterocycles. The van der Waals surface area contributed by atoms with E-state index < -0.39 is 35.7 Å². The minimum absolute atomic E-state index is 0.00252. The Kier molecular flexibility index (Phi) is 6.57. The largest absolute Gasteiger partial charge is 0.473 e. The number of aromatic nitrogens is 4. The van der Waals surface area contributed by atoms with Gasteiger partial charge in [0.25, 0.3) is 10.0 Å². The maximum atomic E-state index is 13.5. The Hall–Kier alpha value is -3.61. The number of sulfonamides is 1. The second-order valence-electron chi connectivity index (χ2n) is 8.34. The van der Waals surface area contributed by atoms with Crippen molar-refractivity contribution in [3.05, 3.63) is 82.9 Å². The highest BCUT2D eigenvalue weighted by molar-refractivity contribution is 9.10. The molecule has 204 valence electrons. The summed E-state index contributed by atoms with van der Waals surface area (Å²) in [4.78, 5) is 16.1. The molecule has 4 rings (SSSR count). The third-order valence-corrected chi connectivity index (χ3v) is 7.19. The number of anilines is 1. The Morgan fingerprint density at radius 2 is 1.64 bits per heavy atom. The second kappa shape index (κ2) is 12.1. The van der Waals surface area contributed by atoms with Crippen LogP contribution in [-0.2, 0) is 15.4 Å². The van der Waals surface area contributed by atoms with Crippen LogP contribution in [0.1, 0.15) is 33.1 Å². The molecule has 0 saturated carbocycles. The molecule has 10 nitrogen and oxygen atoms in total. The maximum absolute atomic E-state index is 13.5. The summed E-state index contributed by atoms with van der Waals surface area (Å²) in [6.07, 6.45) is 4.17. The molecule has 4 aromatic rings. The van der Waals surface area contributed by atoms with Gasteiger partial charge in [-0.05, 0) is 46.1 Å². The molecule has 0 unspecified atom stereocenters. The zero-order valence-electron chi connectivity index (χ0n) is 26.6. The fourth-order valence-corrected chi connectivity index (χ4v) is 4.61. The highest BCUT2D eigenvalue weighted by atomic mass is 79.9. The van der Waals surface area contributed by atoms with Gasteiger partial charge in [-0.3, -0.25) is 4.72 Å². The molecule has 2 N–H and O–H groups in total. The Balaban J connectivity index is 1.64. The van der Waals surface area contributed by atoms with Gasteiger partial charge in [-0.15, -0.1) is 0 Å². The topological polar surface area (TPSA) is 136 Å². The van der Waals surface area contributed by atoms with Crippen molar-refractivity contribution < 1.29 is 31.2 Å². The summed E-state index contributed by atoms with van der Waals surface area (Å²) in [6.45, 7) is -5.52. The van der Waals surface area contributed by atoms with Crippen LogP contribution in [0.25, 0.3) is 11.1 Å². The molecule has 0 amide bonds. The standard InChI is InChI=1S/C27H28BrN5O5S/c1-18-4-6-19(7-5-18)23-24(33-39(35,36)22-10-8-20(9-11-22)27(2,3)16-34)31-17-32-25(23)37-12-13-38-26-29-14-21(28)15-30-26/h4-11,14-15,17,34H,12-13,16H2,1-3H3,(H,31,32,33)/i2D3,3D3. The summed E-state index contributed by atoms with van der Waals surface area (Å²) < 4.78 is 88.5. The van der Waals surface area contributed by atoms with Gasteiger partial charge in [0.2, 0.25) is 5.88 Å². The zero-order chi connectivity index (χ0) is 33.0. The number of aliphatic hydroxyl groups excluding tert-OH is 1. The SMILES string of the molecule is [2H]C([2H])([2H])C(CO)(c1ccc(S(=O)(=O)Nc2ncnc(OCCOc3ncc(Br)cn3)c2-c2ccc(C)cc2)cc1)C([2H])([2H])[2H]. The van der Waals surface area contributed by atoms with E-state index in [-0.39, 0.29) is 46.9 Å². The predicted molar refractivity (Wildman–Crippen MR) is 150 cm³/mol. The Morgan fingerprint density at radius 1 is 0.974 bits per heavy atom. The minimum atomic E-state index is -4.36. The van der Waals surface area contributed by atoms with Gasteiger partial charge >= 0.3 is 6.01 Å². The number of ether oxygens (including phenoxy) is 2. The third-order valence-electron chi connectivity index (χ3n) is 5.43. The molecule has 0 radical (unpaired) electrons. The van der Waals surface area contributed by atoms with Gasteiger partial charge in [-0.25, -0.2) is 28.4 Å². The van der Waals surface area contributed by atoms with Crippen LogP contribution in [0, 0.1) is 6.92 Å². The van der Waals surface area contributed by atoms with Crippen molar-refractivity contribution in [3.8, 4) is 23.0 Å². The van der Waals surface area contributed by atoms with E-state index in [9.17, 15) is 13.5 Å². The molecule has 0 bridgehead atoms. The van der Waals surface area contributed by atoms with Crippen molar-refractivity contribution in [2.24, 2.45) is 0 Å². The highest BCUT2D eigenvalue weighted by Gasteiger charge is 2.24. The van der Waals surface area contributed by atoms with Gasteiger partial charge in [0, 0.05) is 26.0 Å². The van der Waals surface area contributed by atoms with Crippen LogP contribution >= 0.6 is 15.9 Å². The quantitative estimate of drug-likeness (QED) is 0.232. The normalized spacial score (nSPS) is 14.6. The fraction of sp³-hybridized carbons (Fsp3) is 0.259. The van der Waals surface area contributed by atoms with Gasteiger partial charge in [-0.2, -0.15) is 0 Å². The first-order valence-corrected chi connectivity index (χ1v) is 13.8. The molecule has 2 heterocycles. The van der Waals surface area contributed by atoms with E-state index >= 15 is 0 Å². The lowest BCUT2D eigenvalue weighted by molar-refractivity contribution is 0.202. The summed E-state index contributed by atoms with van der Waals surface area (Å²) in [7, 11) is -4.36. The van der Waals surface area contributed by atoms with Crippen molar-refractivity contribution in [2.45, 2.75) is 30.9 Å². The van der Waals surface area contributed by atoms with Crippen LogP contribution in [0.4, 0.5) is 5.82 Å². The molecule has 2 aromatic carbocycles. The van der Waals surface area contributed by atoms with Gasteiger partial charge in [0.05, 0.1) is 21.5 Å². The van der Waals surface area contributed by atoms with Gasteiger partial charge in [-0.1, -0.05) is 55.7 Å². The summed E-state index contributed by atoms with van der Waals surface area (Å²) >= 11 is 3.24. The maximum Gasteiger partial charge on any atom is 0.316 e. The number of aryl methyl sites for hydroxylation is 1. The number of rotatable bonds is 11. The molecule has 0 spiro atoms. The highest BCUT2D eigenvalue weighted by Crippen LogP contribution is 2.35. The second-order valence-corrected chi connectivity index (χ2v) is 10.9. The first-order valence-electron chi connectivity index (χ1n) is 14.5. The summed E-state index contributed by atoms with van der Waals surface area (Å²) in [5.74, 6) is -0.0508. The number of nitrogens with zero attached hydrogens (tertiary/aromatic N) is 4. The zero-order valence-corrected chi connectivity index (χ0v) is 23.0. The summed E-state index contributed by atoms with van der Waals surface area (Å²) in [5.41, 5.74) is -1.15. The van der Waals surface area contributed by atoms with E-state index in [1.807, 2.05) is 19.1 Å². The van der Waals surface area contributed by atoms with E-state index in [0.717, 1.165) is 36.2 Å². The lowest BCUT2D eigenvalue weighted by Gasteiger charge is -2.22. The predicted octanol–water partition coefficient (Wildman–Crippen LogP) is 4.53. The average molecular weight is 621 g/mol. The average Bonchev–Trinajstić information content (AvgIpc) is 2.96. The molecule has 0 aliphatic rings. The van der Waals surface area contributed by atoms with E-state index in [4.69, 9.17) is 17.7 Å². The Labute approximate surface area is 244 Å². The third kappa shape index (κ3) is 7.08. The van der Waals surface area contributed by atoms with Crippen LogP contribution in [0.2, 0.25) is 0 Å². The first-order chi connectivity index (χ1) is 21.1. The smallest absolute Gasteiger partial charge is 0.316 e. The molecular weight excluding hydrogens is 586 g/mol. The number of halogens is 1. The van der Waals surface area contributed by atoms with Crippen LogP contribution in [0.3, 0.4) is 0 Å². The fourth-order valence-electron chi connectivity index (χ4n) is 3.38. The first kappa shape index (κ1) is 21.2. The van der Waals surface area contributed by atoms with E-state index in [1.54, 1.807) is 12.1 Å². The number of hydrogen-bond donors (Lipinski definition) is 2. The van der Waals surface area contributed by atoms with Crippen molar-refractivity contribution in [3.63, 3.8) is 0 Å². The number of benzene rings is 2. The molecule has 2 aromatic heterocycles. The van der Waals surface area contributed by atoms with Crippen molar-refractivity contribution in [2.75, 3.05) is 24.5 Å². The number of nitrogens with one attached hydrogen (secondary N) is 1. The molecule has 0 fully saturated rings. The van der Waals surface area contributed by atoms with E-state index in [2.05, 4.69) is 40.6 Å². The summed E-state index contributed by atoms with van der Waals surface area (Å²) in [6, 6.07) is 11.5. The van der Waals surface area contributed by atoms with Crippen molar-refractivity contribution in [1.29, 1.82) is 0 Å². The van der Waals surface area contributed by atoms with Gasteiger partial charge < -0.3 is 14.6 Å². The lowest BCUT2D eigenvalue weighted by atomic mass is 9.86. The van der Waals surface area contributed by atoms with E-state index in [1.165, 1.54) is 12.4 Å².